The van der Waals surface area contributed by atoms with Crippen LogP contribution in [-0.2, 0) is 24.2 Å². The van der Waals surface area contributed by atoms with Gasteiger partial charge < -0.3 is 24.8 Å². The number of hydrogen-bond donors (Lipinski definition) is 0. The average Bonchev–Trinajstić information content (AvgIpc) is 3.74. The molecule has 0 heterocycles. The number of halogens is 2. The Morgan fingerprint density at radius 1 is 0.714 bits per heavy atom. The maximum absolute atomic E-state index is 2.99. The third-order valence-electron chi connectivity index (χ3n) is 9.80. The van der Waals surface area contributed by atoms with Gasteiger partial charge in [-0.1, -0.05) is 65.4 Å². The third kappa shape index (κ3) is 8.83. The molecule has 0 saturated heterocycles. The van der Waals surface area contributed by atoms with Crippen LogP contribution < -0.4 is 24.8 Å². The fourth-order valence-corrected chi connectivity index (χ4v) is 8.40. The van der Waals surface area contributed by atoms with Crippen LogP contribution in [0, 0.1) is 29.7 Å². The molecule has 3 heteroatoms. The van der Waals surface area contributed by atoms with Crippen LogP contribution in [0.5, 0.6) is 0 Å². The van der Waals surface area contributed by atoms with Crippen LogP contribution in [0.3, 0.4) is 0 Å². The predicted octanol–water partition coefficient (Wildman–Crippen LogP) is 5.32. The Morgan fingerprint density at radius 3 is 1.83 bits per heavy atom. The van der Waals surface area contributed by atoms with E-state index in [2.05, 4.69) is 92.7 Å². The minimum atomic E-state index is 0. The molecule has 0 aromatic heterocycles. The van der Waals surface area contributed by atoms with Gasteiger partial charge in [-0.2, -0.15) is 6.08 Å². The molecule has 42 heavy (non-hydrogen) atoms. The number of hydrogen-bond acceptors (Lipinski definition) is 0. The minimum Gasteiger partial charge on any atom is -1.00 e. The summed E-state index contributed by atoms with van der Waals surface area (Å²) in [5.74, 6) is 3.89. The quantitative estimate of drug-likeness (QED) is 0.257. The maximum atomic E-state index is 2.99. The van der Waals surface area contributed by atoms with E-state index in [1.54, 1.807) is 24.2 Å². The van der Waals surface area contributed by atoms with E-state index in [-0.39, 0.29) is 24.8 Å². The predicted molar refractivity (Wildman–Crippen MR) is 173 cm³/mol. The van der Waals surface area contributed by atoms with Gasteiger partial charge in [0.2, 0.25) is 0 Å². The molecule has 2 saturated carbocycles. The zero-order valence-corrected chi connectivity index (χ0v) is 29.4. The topological polar surface area (TPSA) is 0 Å². The molecule has 4 aromatic carbocycles. The van der Waals surface area contributed by atoms with Crippen molar-refractivity contribution in [2.24, 2.45) is 23.7 Å². The second-order valence-electron chi connectivity index (χ2n) is 12.3. The number of allylic oxidation sites excluding steroid dienone is 4. The Morgan fingerprint density at radius 2 is 1.29 bits per heavy atom. The van der Waals surface area contributed by atoms with E-state index < -0.39 is 0 Å². The van der Waals surface area contributed by atoms with E-state index in [0.717, 1.165) is 30.1 Å². The molecule has 3 aliphatic rings. The van der Waals surface area contributed by atoms with Crippen molar-refractivity contribution in [2.45, 2.75) is 84.5 Å². The molecule has 0 amide bonds. The molecule has 222 valence electrons. The van der Waals surface area contributed by atoms with Crippen LogP contribution in [0.25, 0.3) is 32.3 Å². The summed E-state index contributed by atoms with van der Waals surface area (Å²) < 4.78 is 1.92. The summed E-state index contributed by atoms with van der Waals surface area (Å²) in [5, 5.41) is 8.08. The normalized spacial score (nSPS) is 18.3. The fourth-order valence-electron chi connectivity index (χ4n) is 7.24. The van der Waals surface area contributed by atoms with E-state index >= 15 is 0 Å². The molecular weight excluding hydrogens is 631 g/mol. The van der Waals surface area contributed by atoms with E-state index in [0.29, 0.717) is 0 Å². The molecule has 3 aliphatic carbocycles. The summed E-state index contributed by atoms with van der Waals surface area (Å²) in [6.45, 7) is 5.08. The summed E-state index contributed by atoms with van der Waals surface area (Å²) in [6.07, 6.45) is 25.0. The van der Waals surface area contributed by atoms with Gasteiger partial charge in [0, 0.05) is 0 Å². The molecule has 2 atom stereocenters. The second-order valence-corrected chi connectivity index (χ2v) is 13.7. The zero-order chi connectivity index (χ0) is 27.7. The van der Waals surface area contributed by atoms with Crippen molar-refractivity contribution >= 4 is 35.5 Å². The standard InChI is InChI=1S/C17H11.C17H30.C5H5.2ClH.Zr/c1-3-7-14-12(5-1)9-10-16-15-8-4-2-6-13(15)11-17(14)16;1-14(16-9-5-3-6-10-16)13-15(2)17-11-7-4-8-12-17;1-2-4-5-3-1;;;/h1-11H;14-17H,3-12H2,1-2H3;1-3H,4H2;2*1H;/q-1;;-1;;;+2/p-2. The van der Waals surface area contributed by atoms with Crippen molar-refractivity contribution in [2.75, 3.05) is 0 Å². The van der Waals surface area contributed by atoms with Gasteiger partial charge in [0.25, 0.3) is 0 Å². The van der Waals surface area contributed by atoms with Crippen molar-refractivity contribution in [3.8, 4) is 0 Å². The largest absolute Gasteiger partial charge is 1.00 e. The Balaban J connectivity index is 0.000000190. The van der Waals surface area contributed by atoms with Crippen LogP contribution >= 0.6 is 0 Å². The van der Waals surface area contributed by atoms with Gasteiger partial charge in [-0.15, -0.1) is 40.1 Å². The number of rotatable bonds is 4. The van der Waals surface area contributed by atoms with Gasteiger partial charge in [0.15, 0.2) is 0 Å². The smallest absolute Gasteiger partial charge is 0.0520 e. The van der Waals surface area contributed by atoms with E-state index in [4.69, 9.17) is 0 Å². The molecule has 0 bridgehead atoms. The monoisotopic (exact) mass is 674 g/mol. The van der Waals surface area contributed by atoms with Crippen LogP contribution in [-0.4, -0.2) is 3.21 Å². The van der Waals surface area contributed by atoms with Crippen molar-refractivity contribution in [3.05, 3.63) is 91.0 Å². The molecule has 2 unspecified atom stereocenters. The van der Waals surface area contributed by atoms with E-state index in [1.165, 1.54) is 96.5 Å². The molecular formula is C39H46Cl2Zr-2. The summed E-state index contributed by atoms with van der Waals surface area (Å²) >= 11 is 1.74. The molecule has 4 aromatic rings. The minimum absolute atomic E-state index is 0. The Kier molecular flexibility index (Phi) is 14.9. The first kappa shape index (κ1) is 35.1. The molecule has 0 aliphatic heterocycles. The Labute approximate surface area is 281 Å². The van der Waals surface area contributed by atoms with Crippen LogP contribution in [0.4, 0.5) is 0 Å². The molecule has 2 fully saturated rings. The Bertz CT molecular complexity index is 1410. The van der Waals surface area contributed by atoms with Crippen molar-refractivity contribution in [3.63, 3.8) is 0 Å². The summed E-state index contributed by atoms with van der Waals surface area (Å²) in [4.78, 5) is 0. The van der Waals surface area contributed by atoms with Gasteiger partial charge >= 0.3 is 129 Å². The van der Waals surface area contributed by atoms with Gasteiger partial charge in [0.05, 0.1) is 0 Å². The maximum Gasteiger partial charge on any atom is -0.0520 e. The SMILES string of the molecule is CC([C](=[Zr+2])C(C)C1CCCCC1)C1CCCCC1.[C-]1=CC=CC1.[Cl-].[Cl-].c1ccc2c(c1)ccc1c3ccccc3[cH-]c21. The molecule has 0 spiro atoms. The third-order valence-corrected chi connectivity index (χ3v) is 12.0. The van der Waals surface area contributed by atoms with Crippen LogP contribution in [0.15, 0.2) is 85.0 Å². The van der Waals surface area contributed by atoms with Crippen molar-refractivity contribution in [1.29, 1.82) is 0 Å². The summed E-state index contributed by atoms with van der Waals surface area (Å²) in [6, 6.07) is 23.9. The first-order chi connectivity index (χ1) is 19.6. The molecule has 0 radical (unpaired) electrons. The summed E-state index contributed by atoms with van der Waals surface area (Å²) in [7, 11) is 0. The second kappa shape index (κ2) is 17.8. The number of fused-ring (bicyclic) bond motifs is 5. The molecule has 0 N–H and O–H groups in total. The van der Waals surface area contributed by atoms with E-state index in [1.807, 2.05) is 15.4 Å². The van der Waals surface area contributed by atoms with Gasteiger partial charge in [0.1, 0.15) is 0 Å². The average molecular weight is 677 g/mol. The first-order valence-corrected chi connectivity index (χ1v) is 17.1. The Hall–Kier alpha value is -1.40. The van der Waals surface area contributed by atoms with Crippen molar-refractivity contribution < 1.29 is 49.0 Å². The zero-order valence-electron chi connectivity index (χ0n) is 25.4. The van der Waals surface area contributed by atoms with Gasteiger partial charge in [-0.25, -0.2) is 12.2 Å². The number of benzene rings is 3. The summed E-state index contributed by atoms with van der Waals surface area (Å²) in [5.41, 5.74) is 0. The van der Waals surface area contributed by atoms with Crippen LogP contribution in [0.2, 0.25) is 0 Å². The van der Waals surface area contributed by atoms with Crippen LogP contribution in [0.1, 0.15) is 84.5 Å². The van der Waals surface area contributed by atoms with Crippen molar-refractivity contribution in [1.82, 2.24) is 0 Å². The van der Waals surface area contributed by atoms with E-state index in [9.17, 15) is 0 Å². The molecule has 0 nitrogen and oxygen atoms in total. The molecule has 7 rings (SSSR count). The van der Waals surface area contributed by atoms with Gasteiger partial charge in [-0.3, -0.25) is 6.08 Å². The van der Waals surface area contributed by atoms with Gasteiger partial charge in [-0.05, 0) is 0 Å². The first-order valence-electron chi connectivity index (χ1n) is 15.9. The fraction of sp³-hybridized carbons (Fsp3) is 0.436.